The Hall–Kier alpha value is -2.90. The van der Waals surface area contributed by atoms with Gasteiger partial charge in [-0.1, -0.05) is 36.4 Å². The molecule has 1 aromatic heterocycles. The van der Waals surface area contributed by atoms with E-state index in [1.165, 1.54) is 11.1 Å². The molecular formula is C25H26BrN3O3. The van der Waals surface area contributed by atoms with Gasteiger partial charge in [-0.3, -0.25) is 14.5 Å². The van der Waals surface area contributed by atoms with Gasteiger partial charge in [0.2, 0.25) is 5.91 Å². The van der Waals surface area contributed by atoms with Gasteiger partial charge in [-0.05, 0) is 63.8 Å². The summed E-state index contributed by atoms with van der Waals surface area (Å²) < 4.78 is 5.77. The number of halogens is 1. The van der Waals surface area contributed by atoms with Crippen molar-refractivity contribution in [3.63, 3.8) is 0 Å². The van der Waals surface area contributed by atoms with E-state index >= 15 is 0 Å². The van der Waals surface area contributed by atoms with Crippen LogP contribution in [-0.4, -0.2) is 47.8 Å². The molecule has 2 aromatic carbocycles. The Morgan fingerprint density at radius 3 is 2.34 bits per heavy atom. The lowest BCUT2D eigenvalue weighted by atomic mass is 10.1. The smallest absolute Gasteiger partial charge is 0.291 e. The second-order valence-corrected chi connectivity index (χ2v) is 8.80. The molecular weight excluding hydrogens is 470 g/mol. The molecule has 3 aromatic rings. The highest BCUT2D eigenvalue weighted by atomic mass is 79.9. The Morgan fingerprint density at radius 1 is 0.969 bits per heavy atom. The van der Waals surface area contributed by atoms with Crippen molar-refractivity contribution < 1.29 is 14.0 Å². The monoisotopic (exact) mass is 495 g/mol. The van der Waals surface area contributed by atoms with Crippen LogP contribution in [0.3, 0.4) is 0 Å². The molecule has 1 saturated heterocycles. The van der Waals surface area contributed by atoms with E-state index in [1.54, 1.807) is 24.3 Å². The van der Waals surface area contributed by atoms with E-state index in [0.717, 1.165) is 38.3 Å². The number of hydrogen-bond donors (Lipinski definition) is 1. The number of aryl methyl sites for hydroxylation is 1. The number of carbonyl (C=O) groups excluding carboxylic acids is 2. The Kier molecular flexibility index (Phi) is 7.07. The third kappa shape index (κ3) is 5.66. The minimum atomic E-state index is -0.317. The summed E-state index contributed by atoms with van der Waals surface area (Å²) in [6, 6.07) is 19.1. The number of hydrogen-bond acceptors (Lipinski definition) is 4. The molecule has 1 N–H and O–H groups in total. The predicted octanol–water partition coefficient (Wildman–Crippen LogP) is 4.49. The summed E-state index contributed by atoms with van der Waals surface area (Å²) in [5.74, 6) is 0.0542. The Balaban J connectivity index is 1.25. The molecule has 1 aliphatic heterocycles. The topological polar surface area (TPSA) is 65.8 Å². The van der Waals surface area contributed by atoms with Gasteiger partial charge in [-0.2, -0.15) is 0 Å². The van der Waals surface area contributed by atoms with Gasteiger partial charge in [0.25, 0.3) is 5.91 Å². The molecule has 0 aliphatic carbocycles. The first-order chi connectivity index (χ1) is 15.5. The zero-order chi connectivity index (χ0) is 22.5. The molecule has 0 saturated carbocycles. The quantitative estimate of drug-likeness (QED) is 0.546. The second-order valence-electron chi connectivity index (χ2n) is 8.02. The molecule has 1 fully saturated rings. The summed E-state index contributed by atoms with van der Waals surface area (Å²) in [6.45, 7) is 6.33. The van der Waals surface area contributed by atoms with Crippen molar-refractivity contribution >= 4 is 33.4 Å². The molecule has 2 amide bonds. The molecule has 7 heteroatoms. The van der Waals surface area contributed by atoms with Gasteiger partial charge in [-0.15, -0.1) is 0 Å². The van der Waals surface area contributed by atoms with Crippen molar-refractivity contribution in [3.8, 4) is 0 Å². The number of furan rings is 1. The zero-order valence-corrected chi connectivity index (χ0v) is 19.6. The third-order valence-electron chi connectivity index (χ3n) is 5.74. The van der Waals surface area contributed by atoms with Crippen LogP contribution in [0.1, 0.15) is 27.2 Å². The number of nitrogens with zero attached hydrogens (tertiary/aromatic N) is 2. The molecule has 0 radical (unpaired) electrons. The van der Waals surface area contributed by atoms with Crippen LogP contribution in [0, 0.1) is 6.92 Å². The second kappa shape index (κ2) is 10.1. The normalized spacial score (nSPS) is 14.4. The maximum atomic E-state index is 12.8. The molecule has 0 spiro atoms. The summed E-state index contributed by atoms with van der Waals surface area (Å²) in [5, 5.41) is 2.79. The Morgan fingerprint density at radius 2 is 1.69 bits per heavy atom. The van der Waals surface area contributed by atoms with E-state index in [1.807, 2.05) is 17.0 Å². The number of amides is 2. The first-order valence-corrected chi connectivity index (χ1v) is 11.5. The van der Waals surface area contributed by atoms with Crippen LogP contribution in [-0.2, 0) is 17.8 Å². The molecule has 0 atom stereocenters. The van der Waals surface area contributed by atoms with Crippen molar-refractivity contribution in [1.29, 1.82) is 0 Å². The fourth-order valence-electron chi connectivity index (χ4n) is 3.81. The van der Waals surface area contributed by atoms with Crippen LogP contribution in [0.4, 0.5) is 5.69 Å². The van der Waals surface area contributed by atoms with Crippen LogP contribution in [0.15, 0.2) is 69.8 Å². The Labute approximate surface area is 196 Å². The number of benzene rings is 2. The van der Waals surface area contributed by atoms with Crippen LogP contribution >= 0.6 is 15.9 Å². The van der Waals surface area contributed by atoms with Crippen LogP contribution in [0.25, 0.3) is 0 Å². The average Bonchev–Trinajstić information content (AvgIpc) is 3.24. The minimum absolute atomic E-state index is 0.137. The maximum absolute atomic E-state index is 12.8. The van der Waals surface area contributed by atoms with Gasteiger partial charge in [0.15, 0.2) is 10.4 Å². The van der Waals surface area contributed by atoms with E-state index in [9.17, 15) is 9.59 Å². The zero-order valence-electron chi connectivity index (χ0n) is 18.0. The van der Waals surface area contributed by atoms with E-state index in [-0.39, 0.29) is 17.6 Å². The lowest BCUT2D eigenvalue weighted by Crippen LogP contribution is -2.48. The number of rotatable bonds is 6. The fourth-order valence-corrected chi connectivity index (χ4v) is 4.11. The molecule has 1 aliphatic rings. The van der Waals surface area contributed by atoms with Gasteiger partial charge in [0, 0.05) is 38.4 Å². The number of carbonyl (C=O) groups is 2. The van der Waals surface area contributed by atoms with Crippen molar-refractivity contribution in [1.82, 2.24) is 9.80 Å². The van der Waals surface area contributed by atoms with Gasteiger partial charge in [-0.25, -0.2) is 0 Å². The van der Waals surface area contributed by atoms with Gasteiger partial charge in [0.05, 0.1) is 6.42 Å². The van der Waals surface area contributed by atoms with E-state index in [0.29, 0.717) is 16.8 Å². The fraction of sp³-hybridized carbons (Fsp3) is 0.280. The van der Waals surface area contributed by atoms with E-state index < -0.39 is 0 Å². The lowest BCUT2D eigenvalue weighted by molar-refractivity contribution is -0.132. The summed E-state index contributed by atoms with van der Waals surface area (Å²) in [5.41, 5.74) is 4.24. The summed E-state index contributed by atoms with van der Waals surface area (Å²) in [4.78, 5) is 29.3. The molecule has 166 valence electrons. The largest absolute Gasteiger partial charge is 0.444 e. The summed E-state index contributed by atoms with van der Waals surface area (Å²) in [7, 11) is 0. The lowest BCUT2D eigenvalue weighted by Gasteiger charge is -2.35. The van der Waals surface area contributed by atoms with Crippen LogP contribution in [0.5, 0.6) is 0 Å². The van der Waals surface area contributed by atoms with Crippen molar-refractivity contribution in [3.05, 3.63) is 87.8 Å². The van der Waals surface area contributed by atoms with Gasteiger partial charge >= 0.3 is 0 Å². The first-order valence-electron chi connectivity index (χ1n) is 10.7. The predicted molar refractivity (Wildman–Crippen MR) is 128 cm³/mol. The molecule has 2 heterocycles. The summed E-state index contributed by atoms with van der Waals surface area (Å²) >= 11 is 3.19. The highest BCUT2D eigenvalue weighted by Crippen LogP contribution is 2.17. The highest BCUT2D eigenvalue weighted by Gasteiger charge is 2.21. The number of nitrogens with one attached hydrogen (secondary N) is 1. The van der Waals surface area contributed by atoms with Crippen LogP contribution < -0.4 is 5.32 Å². The van der Waals surface area contributed by atoms with Gasteiger partial charge < -0.3 is 14.6 Å². The highest BCUT2D eigenvalue weighted by molar-refractivity contribution is 9.10. The minimum Gasteiger partial charge on any atom is -0.444 e. The first kappa shape index (κ1) is 22.3. The van der Waals surface area contributed by atoms with Crippen LogP contribution in [0.2, 0.25) is 0 Å². The number of anilines is 1. The molecule has 0 bridgehead atoms. The molecule has 32 heavy (non-hydrogen) atoms. The number of piperazine rings is 1. The van der Waals surface area contributed by atoms with E-state index in [2.05, 4.69) is 57.3 Å². The summed E-state index contributed by atoms with van der Waals surface area (Å²) in [6.07, 6.45) is 0.358. The maximum Gasteiger partial charge on any atom is 0.291 e. The van der Waals surface area contributed by atoms with Crippen molar-refractivity contribution in [2.24, 2.45) is 0 Å². The SMILES string of the molecule is Cc1ccccc1CN1CCN(C(=O)Cc2ccc(NC(=O)c3ccc(Br)o3)cc2)CC1. The molecule has 4 rings (SSSR count). The average molecular weight is 496 g/mol. The van der Waals surface area contributed by atoms with Crippen molar-refractivity contribution in [2.45, 2.75) is 19.9 Å². The standard InChI is InChI=1S/C25H26BrN3O3/c1-18-4-2-3-5-20(18)17-28-12-14-29(15-13-28)24(30)16-19-6-8-21(9-7-19)27-25(31)22-10-11-23(26)32-22/h2-11H,12-17H2,1H3,(H,27,31). The molecule has 6 nitrogen and oxygen atoms in total. The Bertz CT molecular complexity index is 1090. The third-order valence-corrected chi connectivity index (χ3v) is 6.17. The molecule has 0 unspecified atom stereocenters. The van der Waals surface area contributed by atoms with Crippen molar-refractivity contribution in [2.75, 3.05) is 31.5 Å². The van der Waals surface area contributed by atoms with Gasteiger partial charge in [0.1, 0.15) is 0 Å². The van der Waals surface area contributed by atoms with E-state index in [4.69, 9.17) is 4.42 Å².